The summed E-state index contributed by atoms with van der Waals surface area (Å²) in [6.45, 7) is 8.57. The van der Waals surface area contributed by atoms with Crippen LogP contribution in [-0.4, -0.2) is 90.0 Å². The monoisotopic (exact) mass is 527 g/mol. The zero-order chi connectivity index (χ0) is 27.2. The van der Waals surface area contributed by atoms with Crippen LogP contribution in [0.4, 0.5) is 0 Å². The first-order chi connectivity index (χ1) is 15.9. The molecule has 0 aliphatic carbocycles. The van der Waals surface area contributed by atoms with Crippen LogP contribution in [0.25, 0.3) is 0 Å². The average Bonchev–Trinajstić information content (AvgIpc) is 2.71. The van der Waals surface area contributed by atoms with Crippen molar-refractivity contribution in [3.63, 3.8) is 0 Å². The molecule has 0 aromatic heterocycles. The van der Waals surface area contributed by atoms with Crippen LogP contribution in [0.5, 0.6) is 0 Å². The van der Waals surface area contributed by atoms with E-state index in [2.05, 4.69) is 5.32 Å². The van der Waals surface area contributed by atoms with Gasteiger partial charge in [-0.2, -0.15) is 0 Å². The third kappa shape index (κ3) is 9.76. The SMILES string of the molecule is CC(=O)N[C@@H]1[C@@H](O)[C@H](O)[C@@H](CO)O[C@@H]1CP(=O)(OCOC(=O)C(C)(C)C)OCOC(=O)C(C)(C)C. The Hall–Kier alpha value is -1.60. The predicted octanol–water partition coefficient (Wildman–Crippen LogP) is 0.293. The van der Waals surface area contributed by atoms with Crippen molar-refractivity contribution in [3.05, 3.63) is 0 Å². The van der Waals surface area contributed by atoms with Crippen molar-refractivity contribution in [2.24, 2.45) is 10.8 Å². The highest BCUT2D eigenvalue weighted by atomic mass is 31.2. The summed E-state index contributed by atoms with van der Waals surface area (Å²) >= 11 is 0. The number of hydrogen-bond acceptors (Lipinski definition) is 12. The van der Waals surface area contributed by atoms with E-state index in [1.54, 1.807) is 41.5 Å². The molecule has 0 aromatic carbocycles. The smallest absolute Gasteiger partial charge is 0.339 e. The second-order valence-corrected chi connectivity index (χ2v) is 12.4. The van der Waals surface area contributed by atoms with E-state index >= 15 is 0 Å². The van der Waals surface area contributed by atoms with Crippen molar-refractivity contribution in [1.82, 2.24) is 5.32 Å². The normalized spacial score (nSPS) is 25.6. The number of ether oxygens (including phenoxy) is 3. The zero-order valence-corrected chi connectivity index (χ0v) is 22.1. The molecule has 1 fully saturated rings. The molecule has 1 aliphatic rings. The third-order valence-electron chi connectivity index (χ3n) is 4.91. The van der Waals surface area contributed by atoms with Crippen molar-refractivity contribution >= 4 is 25.4 Å². The standard InChI is InChI=1S/C21H38NO12P/c1-12(24)22-15-14(34-13(8-23)16(25)17(15)26)9-35(29,32-10-30-18(27)20(2,3)4)33-11-31-19(28)21(5,6)7/h13-17,23,25-26H,8-11H2,1-7H3,(H,22,24)/t13-,14-,15+,16-,17-/m1/s1. The van der Waals surface area contributed by atoms with Gasteiger partial charge in [0.25, 0.3) is 0 Å². The van der Waals surface area contributed by atoms with Crippen molar-refractivity contribution in [2.75, 3.05) is 26.4 Å². The van der Waals surface area contributed by atoms with E-state index in [0.717, 1.165) is 0 Å². The fraction of sp³-hybridized carbons (Fsp3) is 0.857. The molecule has 14 heteroatoms. The second-order valence-electron chi connectivity index (χ2n) is 10.3. The third-order valence-corrected chi connectivity index (χ3v) is 6.71. The summed E-state index contributed by atoms with van der Waals surface area (Å²) in [5.41, 5.74) is -1.73. The summed E-state index contributed by atoms with van der Waals surface area (Å²) in [5, 5.41) is 32.5. The molecule has 35 heavy (non-hydrogen) atoms. The van der Waals surface area contributed by atoms with E-state index in [9.17, 15) is 34.3 Å². The molecule has 1 heterocycles. The first-order valence-corrected chi connectivity index (χ1v) is 12.8. The second kappa shape index (κ2) is 12.6. The lowest BCUT2D eigenvalue weighted by molar-refractivity contribution is -0.191. The molecule has 0 saturated carbocycles. The van der Waals surface area contributed by atoms with Crippen LogP contribution < -0.4 is 5.32 Å². The van der Waals surface area contributed by atoms with Gasteiger partial charge in [0.05, 0.1) is 35.7 Å². The summed E-state index contributed by atoms with van der Waals surface area (Å²) in [5.74, 6) is -1.87. The molecule has 0 aromatic rings. The average molecular weight is 528 g/mol. The van der Waals surface area contributed by atoms with Gasteiger partial charge in [0.15, 0.2) is 0 Å². The first-order valence-electron chi connectivity index (χ1n) is 11.0. The van der Waals surface area contributed by atoms with E-state index in [-0.39, 0.29) is 0 Å². The molecule has 0 bridgehead atoms. The van der Waals surface area contributed by atoms with Crippen LogP contribution >= 0.6 is 7.60 Å². The number of hydrogen-bond donors (Lipinski definition) is 4. The lowest BCUT2D eigenvalue weighted by Crippen LogP contribution is -2.64. The topological polar surface area (TPSA) is 187 Å². The predicted molar refractivity (Wildman–Crippen MR) is 121 cm³/mol. The first kappa shape index (κ1) is 31.4. The van der Waals surface area contributed by atoms with Gasteiger partial charge in [-0.15, -0.1) is 0 Å². The summed E-state index contributed by atoms with van der Waals surface area (Å²) in [6.07, 6.45) is -6.27. The van der Waals surface area contributed by atoms with Gasteiger partial charge in [-0.3, -0.25) is 28.0 Å². The minimum atomic E-state index is -4.27. The quantitative estimate of drug-likeness (QED) is 0.173. The van der Waals surface area contributed by atoms with Crippen LogP contribution in [0, 0.1) is 10.8 Å². The Labute approximate surface area is 204 Å². The van der Waals surface area contributed by atoms with Gasteiger partial charge in [-0.1, -0.05) is 0 Å². The van der Waals surface area contributed by atoms with Crippen LogP contribution in [0.3, 0.4) is 0 Å². The number of aliphatic hydroxyl groups excluding tert-OH is 3. The number of esters is 2. The Morgan fingerprint density at radius 1 is 0.886 bits per heavy atom. The Kier molecular flexibility index (Phi) is 11.3. The maximum atomic E-state index is 13.5. The number of amides is 1. The van der Waals surface area contributed by atoms with Crippen LogP contribution in [0.2, 0.25) is 0 Å². The van der Waals surface area contributed by atoms with Crippen LogP contribution in [0.15, 0.2) is 0 Å². The van der Waals surface area contributed by atoms with Gasteiger partial charge < -0.3 is 34.8 Å². The summed E-state index contributed by atoms with van der Waals surface area (Å²) in [7, 11) is -4.27. The number of rotatable bonds is 10. The van der Waals surface area contributed by atoms with Gasteiger partial charge in [0.1, 0.15) is 18.3 Å². The zero-order valence-electron chi connectivity index (χ0n) is 21.2. The van der Waals surface area contributed by atoms with Gasteiger partial charge in [0.2, 0.25) is 19.5 Å². The van der Waals surface area contributed by atoms with Gasteiger partial charge in [-0.05, 0) is 41.5 Å². The molecule has 1 saturated heterocycles. The molecule has 5 atom stereocenters. The Bertz CT molecular complexity index is 754. The Morgan fingerprint density at radius 3 is 1.71 bits per heavy atom. The van der Waals surface area contributed by atoms with E-state index in [1.165, 1.54) is 6.92 Å². The number of carbonyl (C=O) groups is 3. The lowest BCUT2D eigenvalue weighted by Gasteiger charge is -2.43. The van der Waals surface area contributed by atoms with Crippen molar-refractivity contribution in [3.8, 4) is 0 Å². The van der Waals surface area contributed by atoms with Crippen LogP contribution in [0.1, 0.15) is 48.5 Å². The summed E-state index contributed by atoms with van der Waals surface area (Å²) < 4.78 is 39.6. The van der Waals surface area contributed by atoms with Crippen molar-refractivity contribution in [2.45, 2.75) is 78.9 Å². The van der Waals surface area contributed by atoms with Crippen molar-refractivity contribution < 1.29 is 57.5 Å². The summed E-state index contributed by atoms with van der Waals surface area (Å²) in [6, 6.07) is -1.25. The molecule has 1 amide bonds. The Balaban J connectivity index is 3.09. The molecule has 1 rings (SSSR count). The van der Waals surface area contributed by atoms with Gasteiger partial charge in [-0.25, -0.2) is 0 Å². The molecule has 1 aliphatic heterocycles. The van der Waals surface area contributed by atoms with E-state index < -0.39 is 93.1 Å². The molecule has 0 radical (unpaired) electrons. The van der Waals surface area contributed by atoms with Gasteiger partial charge in [0, 0.05) is 6.92 Å². The molecular formula is C21H38NO12P. The largest absolute Gasteiger partial charge is 0.438 e. The van der Waals surface area contributed by atoms with E-state index in [4.69, 9.17) is 23.3 Å². The van der Waals surface area contributed by atoms with E-state index in [1.807, 2.05) is 0 Å². The highest BCUT2D eigenvalue weighted by Crippen LogP contribution is 2.50. The summed E-state index contributed by atoms with van der Waals surface area (Å²) in [4.78, 5) is 35.7. The fourth-order valence-electron chi connectivity index (χ4n) is 2.88. The minimum Gasteiger partial charge on any atom is -0.438 e. The highest BCUT2D eigenvalue weighted by molar-refractivity contribution is 7.53. The Morgan fingerprint density at radius 2 is 1.34 bits per heavy atom. The maximum Gasteiger partial charge on any atom is 0.339 e. The van der Waals surface area contributed by atoms with E-state index in [0.29, 0.717) is 0 Å². The molecule has 0 unspecified atom stereocenters. The highest BCUT2D eigenvalue weighted by Gasteiger charge is 2.48. The fourth-order valence-corrected chi connectivity index (χ4v) is 4.34. The molecule has 204 valence electrons. The molecule has 13 nitrogen and oxygen atoms in total. The molecular weight excluding hydrogens is 489 g/mol. The van der Waals surface area contributed by atoms with Gasteiger partial charge >= 0.3 is 19.5 Å². The number of aliphatic hydroxyl groups is 3. The maximum absolute atomic E-state index is 13.5. The minimum absolute atomic E-state index is 0.577. The molecule has 0 spiro atoms. The lowest BCUT2D eigenvalue weighted by atomic mass is 9.93. The van der Waals surface area contributed by atoms with Crippen LogP contribution in [-0.2, 0) is 42.2 Å². The molecule has 4 N–H and O–H groups in total. The number of nitrogens with one attached hydrogen (secondary N) is 1. The van der Waals surface area contributed by atoms with Crippen molar-refractivity contribution in [1.29, 1.82) is 0 Å². The number of carbonyl (C=O) groups excluding carboxylic acids is 3.